The van der Waals surface area contributed by atoms with Crippen molar-refractivity contribution in [3.05, 3.63) is 131 Å². The number of nitrogens with zero attached hydrogens (tertiary/aromatic N) is 4. The molecule has 0 unspecified atom stereocenters. The molecule has 0 radical (unpaired) electrons. The Morgan fingerprint density at radius 1 is 0.694 bits per heavy atom. The Labute approximate surface area is 304 Å². The molecule has 0 atom stereocenters. The maximum absolute atomic E-state index is 6.49. The van der Waals surface area contributed by atoms with E-state index in [9.17, 15) is 0 Å². The van der Waals surface area contributed by atoms with Crippen LogP contribution in [0.5, 0.6) is 11.5 Å². The maximum atomic E-state index is 6.49. The van der Waals surface area contributed by atoms with Gasteiger partial charge in [-0.05, 0) is 76.2 Å². The number of rotatable bonds is 5. The quantitative estimate of drug-likeness (QED) is 0.162. The number of benzene rings is 4. The number of hydrogen-bond acceptors (Lipinski definition) is 3. The van der Waals surface area contributed by atoms with E-state index >= 15 is 0 Å². The van der Waals surface area contributed by atoms with E-state index in [1.807, 2.05) is 35.3 Å². The van der Waals surface area contributed by atoms with Crippen LogP contribution in [0.1, 0.15) is 69.4 Å². The largest absolute Gasteiger partial charge is 2.00 e. The van der Waals surface area contributed by atoms with Gasteiger partial charge in [0.25, 0.3) is 0 Å². The van der Waals surface area contributed by atoms with Crippen molar-refractivity contribution in [3.8, 4) is 34.1 Å². The molecule has 0 aliphatic heterocycles. The summed E-state index contributed by atoms with van der Waals surface area (Å²) in [6.07, 6.45) is 5.95. The summed E-state index contributed by atoms with van der Waals surface area (Å²) in [6, 6.07) is 32.4. The van der Waals surface area contributed by atoms with E-state index in [0.717, 1.165) is 50.0 Å². The third-order valence-electron chi connectivity index (χ3n) is 8.90. The number of hydrogen-bond donors (Lipinski definition) is 0. The van der Waals surface area contributed by atoms with Gasteiger partial charge >= 0.3 is 21.1 Å². The SMILES string of the molecule is Cc1cc(Oc2[c-]c3c(cc2)c2ccccc2n3-c2cc(C)ccn2)[c-]c(-n2cc(-c3c(C(C)(C)C)cc(C)cc3C(C)(C)C)cn2)c1.[Pt+2]. The molecule has 0 aliphatic rings. The van der Waals surface area contributed by atoms with E-state index in [-0.39, 0.29) is 31.9 Å². The number of fused-ring (bicyclic) bond motifs is 3. The van der Waals surface area contributed by atoms with Gasteiger partial charge in [-0.25, -0.2) is 4.98 Å². The maximum Gasteiger partial charge on any atom is 2.00 e. The third-order valence-corrected chi connectivity index (χ3v) is 8.90. The number of aromatic nitrogens is 4. The second kappa shape index (κ2) is 12.8. The van der Waals surface area contributed by atoms with Gasteiger partial charge in [0.15, 0.2) is 0 Å². The van der Waals surface area contributed by atoms with Crippen LogP contribution in [0.3, 0.4) is 0 Å². The van der Waals surface area contributed by atoms with Gasteiger partial charge in [-0.15, -0.1) is 35.7 Å². The van der Waals surface area contributed by atoms with Gasteiger partial charge in [0.1, 0.15) is 5.82 Å². The Bertz CT molecular complexity index is 2300. The molecule has 7 rings (SSSR count). The van der Waals surface area contributed by atoms with Gasteiger partial charge < -0.3 is 9.30 Å². The summed E-state index contributed by atoms with van der Waals surface area (Å²) >= 11 is 0. The predicted octanol–water partition coefficient (Wildman–Crippen LogP) is 10.9. The second-order valence-electron chi connectivity index (χ2n) is 15.0. The van der Waals surface area contributed by atoms with Crippen molar-refractivity contribution in [1.29, 1.82) is 0 Å². The molecule has 250 valence electrons. The van der Waals surface area contributed by atoms with Crippen LogP contribution >= 0.6 is 0 Å². The second-order valence-corrected chi connectivity index (χ2v) is 15.0. The molecule has 49 heavy (non-hydrogen) atoms. The van der Waals surface area contributed by atoms with Crippen LogP contribution in [0, 0.1) is 32.9 Å². The zero-order chi connectivity index (χ0) is 34.0. The van der Waals surface area contributed by atoms with E-state index in [0.29, 0.717) is 11.5 Å². The standard InChI is InChI=1S/C43H42N4O.Pt/c1-27-16-17-44-40(22-27)47-38-13-11-10-12-34(38)35-15-14-32(24-39(35)47)48-33-19-28(2)18-31(23-33)46-26-30(25-45-46)41-36(42(4,5)6)20-29(3)21-37(41)43(7,8)9;/h10-22,25-26H,1-9H3;/q-2;+2. The van der Waals surface area contributed by atoms with Crippen molar-refractivity contribution in [2.75, 3.05) is 0 Å². The van der Waals surface area contributed by atoms with Crippen molar-refractivity contribution in [3.63, 3.8) is 0 Å². The summed E-state index contributed by atoms with van der Waals surface area (Å²) in [4.78, 5) is 4.70. The molecular weight excluding hydrogens is 784 g/mol. The molecule has 7 aromatic rings. The van der Waals surface area contributed by atoms with E-state index in [1.54, 1.807) is 0 Å². The average Bonchev–Trinajstić information content (AvgIpc) is 3.63. The summed E-state index contributed by atoms with van der Waals surface area (Å²) < 4.78 is 10.5. The van der Waals surface area contributed by atoms with Crippen LogP contribution < -0.4 is 4.74 Å². The topological polar surface area (TPSA) is 44.9 Å². The third kappa shape index (κ3) is 6.62. The van der Waals surface area contributed by atoms with Crippen molar-refractivity contribution < 1.29 is 25.8 Å². The minimum absolute atomic E-state index is 0. The molecule has 0 amide bonds. The Hall–Kier alpha value is -4.47. The molecular formula is C43H42N4OPt. The number of pyridine rings is 1. The zero-order valence-electron chi connectivity index (χ0n) is 29.7. The fraction of sp³-hybridized carbons (Fsp3) is 0.256. The summed E-state index contributed by atoms with van der Waals surface area (Å²) in [5, 5.41) is 7.10. The van der Waals surface area contributed by atoms with Crippen LogP contribution in [0.15, 0.2) is 91.4 Å². The molecule has 0 bridgehead atoms. The molecule has 0 fully saturated rings. The Balaban J connectivity index is 0.00000417. The first-order chi connectivity index (χ1) is 22.8. The van der Waals surface area contributed by atoms with Crippen LogP contribution in [-0.4, -0.2) is 19.3 Å². The Morgan fingerprint density at radius 3 is 2.08 bits per heavy atom. The smallest absolute Gasteiger partial charge is 0.509 e. The molecule has 0 aliphatic carbocycles. The average molecular weight is 826 g/mol. The summed E-state index contributed by atoms with van der Waals surface area (Å²) in [5.41, 5.74) is 11.2. The summed E-state index contributed by atoms with van der Waals surface area (Å²) in [7, 11) is 0. The molecule has 3 aromatic heterocycles. The first kappa shape index (κ1) is 34.4. The molecule has 3 heterocycles. The fourth-order valence-electron chi connectivity index (χ4n) is 6.64. The molecule has 4 aromatic carbocycles. The van der Waals surface area contributed by atoms with E-state index in [1.165, 1.54) is 22.3 Å². The Morgan fingerprint density at radius 2 is 1.39 bits per heavy atom. The predicted molar refractivity (Wildman–Crippen MR) is 197 cm³/mol. The van der Waals surface area contributed by atoms with Crippen LogP contribution in [0.2, 0.25) is 0 Å². The van der Waals surface area contributed by atoms with Crippen LogP contribution in [-0.2, 0) is 31.9 Å². The van der Waals surface area contributed by atoms with Gasteiger partial charge in [0, 0.05) is 35.0 Å². The van der Waals surface area contributed by atoms with Gasteiger partial charge in [0.2, 0.25) is 0 Å². The Kier molecular flexibility index (Phi) is 8.96. The van der Waals surface area contributed by atoms with Gasteiger partial charge in [-0.2, -0.15) is 16.7 Å². The minimum atomic E-state index is -0.0291. The van der Waals surface area contributed by atoms with Crippen LogP contribution in [0.25, 0.3) is 44.4 Å². The first-order valence-electron chi connectivity index (χ1n) is 16.6. The van der Waals surface area contributed by atoms with Gasteiger partial charge in [-0.1, -0.05) is 89.9 Å². The fourth-order valence-corrected chi connectivity index (χ4v) is 6.64. The number of aryl methyl sites for hydroxylation is 3. The molecule has 0 N–H and O–H groups in total. The number of ether oxygens (including phenoxy) is 1. The van der Waals surface area contributed by atoms with E-state index in [2.05, 4.69) is 140 Å². The summed E-state index contributed by atoms with van der Waals surface area (Å²) in [6.45, 7) is 20.0. The zero-order valence-corrected chi connectivity index (χ0v) is 31.9. The monoisotopic (exact) mass is 825 g/mol. The van der Waals surface area contributed by atoms with Crippen LogP contribution in [0.4, 0.5) is 0 Å². The summed E-state index contributed by atoms with van der Waals surface area (Å²) in [5.74, 6) is 2.07. The molecule has 0 saturated carbocycles. The van der Waals surface area contributed by atoms with Crippen molar-refractivity contribution in [2.45, 2.75) is 73.1 Å². The molecule has 5 nitrogen and oxygen atoms in total. The normalized spacial score (nSPS) is 12.0. The molecule has 0 spiro atoms. The van der Waals surface area contributed by atoms with Gasteiger partial charge in [-0.3, -0.25) is 4.68 Å². The molecule has 0 saturated heterocycles. The van der Waals surface area contributed by atoms with Crippen molar-refractivity contribution >= 4 is 21.8 Å². The minimum Gasteiger partial charge on any atom is -0.509 e. The number of para-hydroxylation sites is 1. The van der Waals surface area contributed by atoms with Crippen molar-refractivity contribution in [1.82, 2.24) is 19.3 Å². The first-order valence-corrected chi connectivity index (χ1v) is 16.6. The van der Waals surface area contributed by atoms with Crippen molar-refractivity contribution in [2.24, 2.45) is 0 Å². The van der Waals surface area contributed by atoms with E-state index in [4.69, 9.17) is 14.8 Å². The van der Waals surface area contributed by atoms with Gasteiger partial charge in [0.05, 0.1) is 6.20 Å². The van der Waals surface area contributed by atoms with E-state index < -0.39 is 0 Å². The molecule has 6 heteroatoms.